The van der Waals surface area contributed by atoms with Gasteiger partial charge in [-0.25, -0.2) is 4.79 Å². The van der Waals surface area contributed by atoms with Crippen LogP contribution >= 0.6 is 0 Å². The lowest BCUT2D eigenvalue weighted by Gasteiger charge is -2.11. The number of benzene rings is 1. The van der Waals surface area contributed by atoms with Gasteiger partial charge >= 0.3 is 5.69 Å². The van der Waals surface area contributed by atoms with Crippen molar-refractivity contribution < 1.29 is 4.79 Å². The molecule has 1 unspecified atom stereocenters. The second-order valence-corrected chi connectivity index (χ2v) is 4.76. The van der Waals surface area contributed by atoms with Crippen molar-refractivity contribution >= 4 is 16.9 Å². The van der Waals surface area contributed by atoms with Crippen LogP contribution < -0.4 is 17.2 Å². The molecule has 1 heterocycles. The fraction of sp³-hybridized carbons (Fsp3) is 0.385. The molecule has 0 saturated carbocycles. The third-order valence-electron chi connectivity index (χ3n) is 3.43. The summed E-state index contributed by atoms with van der Waals surface area (Å²) in [5, 5.41) is 0. The summed E-state index contributed by atoms with van der Waals surface area (Å²) in [5.74, 6) is -0.358. The van der Waals surface area contributed by atoms with Crippen molar-refractivity contribution in [2.24, 2.45) is 25.6 Å². The maximum absolute atomic E-state index is 11.8. The maximum Gasteiger partial charge on any atom is 0.328 e. The second-order valence-electron chi connectivity index (χ2n) is 4.76. The molecule has 0 bridgehead atoms. The average Bonchev–Trinajstić information content (AvgIpc) is 2.61. The number of nitrogens with two attached hydrogens (primary N) is 2. The fourth-order valence-corrected chi connectivity index (χ4v) is 2.22. The van der Waals surface area contributed by atoms with E-state index in [0.29, 0.717) is 6.42 Å². The van der Waals surface area contributed by atoms with Gasteiger partial charge in [-0.3, -0.25) is 13.9 Å². The summed E-state index contributed by atoms with van der Waals surface area (Å²) >= 11 is 0. The lowest BCUT2D eigenvalue weighted by atomic mass is 10.0. The standard InChI is InChI=1S/C13H18N4O2/c1-16-10-5-3-8(9(14)4-6-12(15)18)7-11(10)17(2)13(16)19/h3,5,7,9H,4,6,14H2,1-2H3,(H2,15,18). The van der Waals surface area contributed by atoms with Crippen molar-refractivity contribution in [2.45, 2.75) is 18.9 Å². The van der Waals surface area contributed by atoms with E-state index < -0.39 is 0 Å². The summed E-state index contributed by atoms with van der Waals surface area (Å²) in [6.45, 7) is 0. The first-order valence-corrected chi connectivity index (χ1v) is 6.11. The average molecular weight is 262 g/mol. The van der Waals surface area contributed by atoms with Crippen molar-refractivity contribution in [2.75, 3.05) is 0 Å². The van der Waals surface area contributed by atoms with Crippen LogP contribution in [0.25, 0.3) is 11.0 Å². The van der Waals surface area contributed by atoms with Crippen molar-refractivity contribution in [3.05, 3.63) is 34.2 Å². The molecule has 0 aliphatic carbocycles. The molecule has 102 valence electrons. The smallest absolute Gasteiger partial charge is 0.328 e. The predicted molar refractivity (Wildman–Crippen MR) is 73.5 cm³/mol. The SMILES string of the molecule is Cn1c(=O)n(C)c2cc(C(N)CCC(N)=O)ccc21. The zero-order valence-corrected chi connectivity index (χ0v) is 11.1. The molecule has 0 fully saturated rings. The van der Waals surface area contributed by atoms with Crippen LogP contribution in [-0.4, -0.2) is 15.0 Å². The van der Waals surface area contributed by atoms with Gasteiger partial charge in [0.25, 0.3) is 0 Å². The third kappa shape index (κ3) is 2.39. The molecule has 1 amide bonds. The minimum atomic E-state index is -0.358. The molecular formula is C13H18N4O2. The Morgan fingerprint density at radius 2 is 1.89 bits per heavy atom. The Hall–Kier alpha value is -2.08. The van der Waals surface area contributed by atoms with Gasteiger partial charge in [0.15, 0.2) is 0 Å². The molecule has 6 heteroatoms. The van der Waals surface area contributed by atoms with E-state index in [9.17, 15) is 9.59 Å². The van der Waals surface area contributed by atoms with E-state index in [2.05, 4.69) is 0 Å². The molecule has 4 N–H and O–H groups in total. The molecule has 1 atom stereocenters. The summed E-state index contributed by atoms with van der Waals surface area (Å²) in [6, 6.07) is 5.39. The molecule has 0 spiro atoms. The number of imidazole rings is 1. The lowest BCUT2D eigenvalue weighted by molar-refractivity contribution is -0.118. The number of carbonyl (C=O) groups is 1. The van der Waals surface area contributed by atoms with Crippen LogP contribution in [0.3, 0.4) is 0 Å². The fourth-order valence-electron chi connectivity index (χ4n) is 2.22. The van der Waals surface area contributed by atoms with Crippen molar-refractivity contribution in [3.8, 4) is 0 Å². The molecule has 2 rings (SSSR count). The van der Waals surface area contributed by atoms with Crippen LogP contribution in [0.5, 0.6) is 0 Å². The predicted octanol–water partition coefficient (Wildman–Crippen LogP) is 0.142. The summed E-state index contributed by atoms with van der Waals surface area (Å²) in [7, 11) is 3.46. The first-order chi connectivity index (χ1) is 8.91. The van der Waals surface area contributed by atoms with Gasteiger partial charge in [0.05, 0.1) is 11.0 Å². The molecule has 2 aromatic rings. The Labute approximate surface area is 110 Å². The molecule has 0 saturated heterocycles. The highest BCUT2D eigenvalue weighted by molar-refractivity contribution is 5.77. The maximum atomic E-state index is 11.8. The van der Waals surface area contributed by atoms with E-state index in [1.807, 2.05) is 18.2 Å². The van der Waals surface area contributed by atoms with E-state index in [1.54, 1.807) is 23.2 Å². The summed E-state index contributed by atoms with van der Waals surface area (Å²) in [6.07, 6.45) is 0.758. The van der Waals surface area contributed by atoms with Gasteiger partial charge in [0, 0.05) is 26.6 Å². The largest absolute Gasteiger partial charge is 0.370 e. The molecular weight excluding hydrogens is 244 g/mol. The molecule has 0 radical (unpaired) electrons. The molecule has 6 nitrogen and oxygen atoms in total. The lowest BCUT2D eigenvalue weighted by Crippen LogP contribution is -2.19. The quantitative estimate of drug-likeness (QED) is 0.820. The molecule has 0 aliphatic heterocycles. The number of hydrogen-bond acceptors (Lipinski definition) is 3. The minimum absolute atomic E-state index is 0.0714. The van der Waals surface area contributed by atoms with Crippen LogP contribution in [0.15, 0.2) is 23.0 Å². The van der Waals surface area contributed by atoms with E-state index in [1.165, 1.54) is 0 Å². The Morgan fingerprint density at radius 3 is 2.53 bits per heavy atom. The number of primary amides is 1. The number of rotatable bonds is 4. The van der Waals surface area contributed by atoms with Gasteiger partial charge in [-0.2, -0.15) is 0 Å². The van der Waals surface area contributed by atoms with Crippen LogP contribution in [0, 0.1) is 0 Å². The Balaban J connectivity index is 2.39. The summed E-state index contributed by atoms with van der Waals surface area (Å²) in [5.41, 5.74) is 13.7. The van der Waals surface area contributed by atoms with E-state index in [0.717, 1.165) is 16.6 Å². The monoisotopic (exact) mass is 262 g/mol. The zero-order chi connectivity index (χ0) is 14.2. The number of hydrogen-bond donors (Lipinski definition) is 2. The third-order valence-corrected chi connectivity index (χ3v) is 3.43. The number of amides is 1. The van der Waals surface area contributed by atoms with Gasteiger partial charge in [-0.1, -0.05) is 6.07 Å². The first-order valence-electron chi connectivity index (χ1n) is 6.11. The highest BCUT2D eigenvalue weighted by Crippen LogP contribution is 2.20. The van der Waals surface area contributed by atoms with E-state index in [4.69, 9.17) is 11.5 Å². The van der Waals surface area contributed by atoms with Crippen LogP contribution in [0.1, 0.15) is 24.4 Å². The van der Waals surface area contributed by atoms with Crippen molar-refractivity contribution in [1.82, 2.24) is 9.13 Å². The van der Waals surface area contributed by atoms with Crippen LogP contribution in [-0.2, 0) is 18.9 Å². The normalized spacial score (nSPS) is 12.8. The summed E-state index contributed by atoms with van der Waals surface area (Å²) in [4.78, 5) is 22.6. The molecule has 1 aromatic carbocycles. The van der Waals surface area contributed by atoms with Crippen LogP contribution in [0.2, 0.25) is 0 Å². The van der Waals surface area contributed by atoms with Gasteiger partial charge in [0.1, 0.15) is 0 Å². The van der Waals surface area contributed by atoms with Gasteiger partial charge < -0.3 is 11.5 Å². The van der Waals surface area contributed by atoms with Gasteiger partial charge in [0.2, 0.25) is 5.91 Å². The first kappa shape index (κ1) is 13.4. The second kappa shape index (κ2) is 4.89. The van der Waals surface area contributed by atoms with E-state index in [-0.39, 0.29) is 24.1 Å². The highest BCUT2D eigenvalue weighted by Gasteiger charge is 2.12. The van der Waals surface area contributed by atoms with Gasteiger partial charge in [-0.15, -0.1) is 0 Å². The van der Waals surface area contributed by atoms with Gasteiger partial charge in [-0.05, 0) is 24.1 Å². The number of carbonyl (C=O) groups excluding carboxylic acids is 1. The molecule has 1 aromatic heterocycles. The number of fused-ring (bicyclic) bond motifs is 1. The van der Waals surface area contributed by atoms with E-state index >= 15 is 0 Å². The van der Waals surface area contributed by atoms with Crippen molar-refractivity contribution in [3.63, 3.8) is 0 Å². The topological polar surface area (TPSA) is 96.0 Å². The number of aromatic nitrogens is 2. The van der Waals surface area contributed by atoms with Crippen LogP contribution in [0.4, 0.5) is 0 Å². The Bertz CT molecular complexity index is 684. The number of nitrogens with zero attached hydrogens (tertiary/aromatic N) is 2. The molecule has 19 heavy (non-hydrogen) atoms. The zero-order valence-electron chi connectivity index (χ0n) is 11.1. The number of aryl methyl sites for hydroxylation is 2. The Kier molecular flexibility index (Phi) is 3.44. The minimum Gasteiger partial charge on any atom is -0.370 e. The van der Waals surface area contributed by atoms with Crippen molar-refractivity contribution in [1.29, 1.82) is 0 Å². The summed E-state index contributed by atoms with van der Waals surface area (Å²) < 4.78 is 3.17. The molecule has 0 aliphatic rings. The highest BCUT2D eigenvalue weighted by atomic mass is 16.2. The Morgan fingerprint density at radius 1 is 1.26 bits per heavy atom.